The van der Waals surface area contributed by atoms with Crippen LogP contribution in [0.15, 0.2) is 18.2 Å². The van der Waals surface area contributed by atoms with E-state index in [0.717, 1.165) is 19.0 Å². The van der Waals surface area contributed by atoms with Crippen LogP contribution in [-0.4, -0.2) is 31.1 Å². The van der Waals surface area contributed by atoms with E-state index in [1.54, 1.807) is 0 Å². The maximum atomic E-state index is 3.66. The predicted molar refractivity (Wildman–Crippen MR) is 93.9 cm³/mol. The average molecular weight is 290 g/mol. The van der Waals surface area contributed by atoms with Gasteiger partial charge in [0.2, 0.25) is 0 Å². The molecule has 1 N–H and O–H groups in total. The third-order valence-corrected chi connectivity index (χ3v) is 4.30. The molecule has 0 saturated carbocycles. The third kappa shape index (κ3) is 5.80. The Balaban J connectivity index is 2.84. The fourth-order valence-corrected chi connectivity index (χ4v) is 2.98. The van der Waals surface area contributed by atoms with Crippen molar-refractivity contribution >= 4 is 0 Å². The minimum atomic E-state index is 0.412. The molecular weight excluding hydrogens is 256 g/mol. The van der Waals surface area contributed by atoms with Gasteiger partial charge in [-0.25, -0.2) is 0 Å². The van der Waals surface area contributed by atoms with Gasteiger partial charge in [0.25, 0.3) is 0 Å². The SMILES string of the molecule is CCNC(CN(C)C(C)CC(C)C)c1cc(C)ccc1C. The fourth-order valence-electron chi connectivity index (χ4n) is 2.98. The van der Waals surface area contributed by atoms with Crippen molar-refractivity contribution in [2.45, 2.75) is 60.0 Å². The molecule has 0 bridgehead atoms. The highest BCUT2D eigenvalue weighted by Crippen LogP contribution is 2.21. The molecule has 0 spiro atoms. The molecule has 2 unspecified atom stereocenters. The van der Waals surface area contributed by atoms with Crippen LogP contribution in [0.1, 0.15) is 56.8 Å². The molecule has 0 aliphatic rings. The highest BCUT2D eigenvalue weighted by Gasteiger charge is 2.18. The zero-order chi connectivity index (χ0) is 16.0. The van der Waals surface area contributed by atoms with Crippen molar-refractivity contribution in [2.75, 3.05) is 20.1 Å². The lowest BCUT2D eigenvalue weighted by atomic mass is 9.97. The Kier molecular flexibility index (Phi) is 7.41. The summed E-state index contributed by atoms with van der Waals surface area (Å²) in [6.07, 6.45) is 1.25. The monoisotopic (exact) mass is 290 g/mol. The molecule has 1 aromatic carbocycles. The summed E-state index contributed by atoms with van der Waals surface area (Å²) in [5, 5.41) is 3.66. The molecule has 2 nitrogen and oxygen atoms in total. The van der Waals surface area contributed by atoms with Crippen molar-refractivity contribution < 1.29 is 0 Å². The van der Waals surface area contributed by atoms with Crippen molar-refractivity contribution in [3.05, 3.63) is 34.9 Å². The molecule has 21 heavy (non-hydrogen) atoms. The van der Waals surface area contributed by atoms with E-state index >= 15 is 0 Å². The van der Waals surface area contributed by atoms with Crippen LogP contribution in [0.4, 0.5) is 0 Å². The van der Waals surface area contributed by atoms with Crippen LogP contribution < -0.4 is 5.32 Å². The predicted octanol–water partition coefficient (Wildman–Crippen LogP) is 4.32. The Hall–Kier alpha value is -0.860. The summed E-state index contributed by atoms with van der Waals surface area (Å²) in [5.74, 6) is 0.751. The number of likely N-dealkylation sites (N-methyl/N-ethyl adjacent to an activating group) is 2. The highest BCUT2D eigenvalue weighted by atomic mass is 15.1. The van der Waals surface area contributed by atoms with Gasteiger partial charge in [0.1, 0.15) is 0 Å². The number of nitrogens with one attached hydrogen (secondary N) is 1. The zero-order valence-electron chi connectivity index (χ0n) is 15.0. The summed E-state index contributed by atoms with van der Waals surface area (Å²) >= 11 is 0. The quantitative estimate of drug-likeness (QED) is 0.767. The van der Waals surface area contributed by atoms with Gasteiger partial charge in [-0.15, -0.1) is 0 Å². The summed E-state index contributed by atoms with van der Waals surface area (Å²) in [7, 11) is 2.25. The smallest absolute Gasteiger partial charge is 0.0451 e. The number of hydrogen-bond acceptors (Lipinski definition) is 2. The summed E-state index contributed by atoms with van der Waals surface area (Å²) < 4.78 is 0. The Bertz CT molecular complexity index is 426. The molecule has 0 aliphatic heterocycles. The minimum absolute atomic E-state index is 0.412. The lowest BCUT2D eigenvalue weighted by Gasteiger charge is -2.31. The van der Waals surface area contributed by atoms with Crippen molar-refractivity contribution in [1.29, 1.82) is 0 Å². The maximum Gasteiger partial charge on any atom is 0.0451 e. The Morgan fingerprint density at radius 1 is 1.14 bits per heavy atom. The lowest BCUT2D eigenvalue weighted by molar-refractivity contribution is 0.206. The number of nitrogens with zero attached hydrogens (tertiary/aromatic N) is 1. The standard InChI is InChI=1S/C19H34N2/c1-8-20-19(13-21(7)17(6)11-14(2)3)18-12-15(4)9-10-16(18)5/h9-10,12,14,17,19-20H,8,11,13H2,1-7H3. The summed E-state index contributed by atoms with van der Waals surface area (Å²) in [4.78, 5) is 2.50. The van der Waals surface area contributed by atoms with Crippen LogP contribution >= 0.6 is 0 Å². The maximum absolute atomic E-state index is 3.66. The van der Waals surface area contributed by atoms with Gasteiger partial charge in [0.05, 0.1) is 0 Å². The van der Waals surface area contributed by atoms with Gasteiger partial charge in [-0.05, 0) is 57.8 Å². The van der Waals surface area contributed by atoms with Crippen LogP contribution in [-0.2, 0) is 0 Å². The highest BCUT2D eigenvalue weighted by molar-refractivity contribution is 5.33. The molecule has 0 fully saturated rings. The molecule has 2 heteroatoms. The summed E-state index contributed by atoms with van der Waals surface area (Å²) in [6, 6.07) is 7.81. The first-order valence-electron chi connectivity index (χ1n) is 8.35. The minimum Gasteiger partial charge on any atom is -0.309 e. The van der Waals surface area contributed by atoms with Gasteiger partial charge >= 0.3 is 0 Å². The largest absolute Gasteiger partial charge is 0.309 e. The molecule has 0 aromatic heterocycles. The normalized spacial score (nSPS) is 14.7. The first kappa shape index (κ1) is 18.2. The topological polar surface area (TPSA) is 15.3 Å². The van der Waals surface area contributed by atoms with E-state index in [1.165, 1.54) is 23.1 Å². The van der Waals surface area contributed by atoms with E-state index in [0.29, 0.717) is 12.1 Å². The molecule has 120 valence electrons. The van der Waals surface area contributed by atoms with Gasteiger partial charge in [0, 0.05) is 18.6 Å². The van der Waals surface area contributed by atoms with Gasteiger partial charge in [-0.2, -0.15) is 0 Å². The lowest BCUT2D eigenvalue weighted by Crippen LogP contribution is -2.38. The number of rotatable bonds is 8. The van der Waals surface area contributed by atoms with Crippen molar-refractivity contribution in [3.8, 4) is 0 Å². The summed E-state index contributed by atoms with van der Waals surface area (Å²) in [6.45, 7) is 15.6. The van der Waals surface area contributed by atoms with Gasteiger partial charge < -0.3 is 10.2 Å². The number of aryl methyl sites for hydroxylation is 2. The average Bonchev–Trinajstić information content (AvgIpc) is 2.40. The van der Waals surface area contributed by atoms with Crippen LogP contribution in [0, 0.1) is 19.8 Å². The van der Waals surface area contributed by atoms with E-state index in [9.17, 15) is 0 Å². The van der Waals surface area contributed by atoms with Crippen LogP contribution in [0.25, 0.3) is 0 Å². The summed E-state index contributed by atoms with van der Waals surface area (Å²) in [5.41, 5.74) is 4.17. The molecule has 1 rings (SSSR count). The van der Waals surface area contributed by atoms with Crippen LogP contribution in [0.5, 0.6) is 0 Å². The fraction of sp³-hybridized carbons (Fsp3) is 0.684. The van der Waals surface area contributed by atoms with Gasteiger partial charge in [-0.1, -0.05) is 44.5 Å². The molecule has 1 aromatic rings. The van der Waals surface area contributed by atoms with Crippen LogP contribution in [0.3, 0.4) is 0 Å². The molecule has 2 atom stereocenters. The zero-order valence-corrected chi connectivity index (χ0v) is 15.0. The molecular formula is C19H34N2. The second-order valence-electron chi connectivity index (χ2n) is 6.89. The van der Waals surface area contributed by atoms with E-state index in [4.69, 9.17) is 0 Å². The van der Waals surface area contributed by atoms with Crippen LogP contribution in [0.2, 0.25) is 0 Å². The van der Waals surface area contributed by atoms with Gasteiger partial charge in [0.15, 0.2) is 0 Å². The number of hydrogen-bond donors (Lipinski definition) is 1. The Morgan fingerprint density at radius 3 is 2.38 bits per heavy atom. The van der Waals surface area contributed by atoms with Crippen molar-refractivity contribution in [2.24, 2.45) is 5.92 Å². The molecule has 0 aliphatic carbocycles. The number of benzene rings is 1. The third-order valence-electron chi connectivity index (χ3n) is 4.30. The first-order valence-corrected chi connectivity index (χ1v) is 8.35. The second kappa shape index (κ2) is 8.55. The van der Waals surface area contributed by atoms with Crippen molar-refractivity contribution in [1.82, 2.24) is 10.2 Å². The molecule has 0 heterocycles. The first-order chi connectivity index (χ1) is 9.85. The van der Waals surface area contributed by atoms with Gasteiger partial charge in [-0.3, -0.25) is 0 Å². The van der Waals surface area contributed by atoms with E-state index in [-0.39, 0.29) is 0 Å². The van der Waals surface area contributed by atoms with E-state index in [1.807, 2.05) is 0 Å². The van der Waals surface area contributed by atoms with E-state index < -0.39 is 0 Å². The Labute approximate surface area is 131 Å². The van der Waals surface area contributed by atoms with E-state index in [2.05, 4.69) is 77.0 Å². The molecule has 0 saturated heterocycles. The molecule has 0 radical (unpaired) electrons. The molecule has 0 amide bonds. The Morgan fingerprint density at radius 2 is 1.81 bits per heavy atom. The second-order valence-corrected chi connectivity index (χ2v) is 6.89. The van der Waals surface area contributed by atoms with Crippen molar-refractivity contribution in [3.63, 3.8) is 0 Å².